The Labute approximate surface area is 113 Å². The Bertz CT molecular complexity index is 464. The number of nitrogens with one attached hydrogen (secondary N) is 1. The lowest BCUT2D eigenvalue weighted by molar-refractivity contribution is 0.705. The first-order valence-electron chi connectivity index (χ1n) is 6.52. The van der Waals surface area contributed by atoms with Gasteiger partial charge in [0.15, 0.2) is 5.13 Å². The fourth-order valence-corrected chi connectivity index (χ4v) is 2.72. The summed E-state index contributed by atoms with van der Waals surface area (Å²) in [5.74, 6) is 0.587. The van der Waals surface area contributed by atoms with Crippen LogP contribution in [-0.4, -0.2) is 11.5 Å². The molecule has 18 heavy (non-hydrogen) atoms. The Hall–Kier alpha value is -1.35. The van der Waals surface area contributed by atoms with E-state index in [-0.39, 0.29) is 0 Å². The molecule has 2 aromatic rings. The molecular weight excluding hydrogens is 240 g/mol. The molecule has 2 nitrogen and oxygen atoms in total. The summed E-state index contributed by atoms with van der Waals surface area (Å²) < 4.78 is 0. The number of nitrogens with zero attached hydrogens (tertiary/aromatic N) is 1. The van der Waals surface area contributed by atoms with Gasteiger partial charge in [0.1, 0.15) is 0 Å². The molecule has 0 radical (unpaired) electrons. The number of hydrogen-bond acceptors (Lipinski definition) is 3. The van der Waals surface area contributed by atoms with Crippen LogP contribution in [0.5, 0.6) is 0 Å². The van der Waals surface area contributed by atoms with Gasteiger partial charge in [-0.15, -0.1) is 11.3 Å². The summed E-state index contributed by atoms with van der Waals surface area (Å²) in [6.45, 7) is 5.39. The highest BCUT2D eigenvalue weighted by Crippen LogP contribution is 2.20. The standard InChI is InChI=1S/C15H20N2S/c1-3-14-11-18-15(17-14)16-10-9-12(2)13-7-5-4-6-8-13/h4-8,11-12H,3,9-10H2,1-2H3,(H,16,17). The maximum Gasteiger partial charge on any atom is 0.182 e. The molecule has 0 fully saturated rings. The summed E-state index contributed by atoms with van der Waals surface area (Å²) in [7, 11) is 0. The topological polar surface area (TPSA) is 24.9 Å². The van der Waals surface area contributed by atoms with E-state index in [1.165, 1.54) is 11.3 Å². The van der Waals surface area contributed by atoms with Gasteiger partial charge in [0.2, 0.25) is 0 Å². The highest BCUT2D eigenvalue weighted by atomic mass is 32.1. The van der Waals surface area contributed by atoms with Crippen molar-refractivity contribution in [2.75, 3.05) is 11.9 Å². The fraction of sp³-hybridized carbons (Fsp3) is 0.400. The Morgan fingerprint density at radius 1 is 1.28 bits per heavy atom. The van der Waals surface area contributed by atoms with E-state index >= 15 is 0 Å². The van der Waals surface area contributed by atoms with Gasteiger partial charge in [0, 0.05) is 11.9 Å². The van der Waals surface area contributed by atoms with Gasteiger partial charge >= 0.3 is 0 Å². The van der Waals surface area contributed by atoms with Crippen LogP contribution in [0.25, 0.3) is 0 Å². The average molecular weight is 260 g/mol. The number of benzene rings is 1. The van der Waals surface area contributed by atoms with Crippen molar-refractivity contribution in [3.05, 3.63) is 47.0 Å². The molecule has 1 N–H and O–H groups in total. The largest absolute Gasteiger partial charge is 0.361 e. The second-order valence-corrected chi connectivity index (χ2v) is 5.38. The van der Waals surface area contributed by atoms with Crippen molar-refractivity contribution in [2.24, 2.45) is 0 Å². The van der Waals surface area contributed by atoms with Crippen molar-refractivity contribution in [1.29, 1.82) is 0 Å². The van der Waals surface area contributed by atoms with Crippen LogP contribution in [-0.2, 0) is 6.42 Å². The van der Waals surface area contributed by atoms with Crippen LogP contribution in [0.4, 0.5) is 5.13 Å². The number of rotatable bonds is 6. The molecule has 0 amide bonds. The van der Waals surface area contributed by atoms with Gasteiger partial charge < -0.3 is 5.32 Å². The zero-order valence-corrected chi connectivity index (χ0v) is 11.8. The second kappa shape index (κ2) is 6.55. The van der Waals surface area contributed by atoms with Crippen LogP contribution in [0, 0.1) is 0 Å². The maximum absolute atomic E-state index is 4.51. The number of aryl methyl sites for hydroxylation is 1. The molecule has 3 heteroatoms. The van der Waals surface area contributed by atoms with E-state index in [2.05, 4.69) is 59.9 Å². The molecule has 0 aliphatic heterocycles. The molecule has 1 aromatic carbocycles. The minimum absolute atomic E-state index is 0.587. The minimum atomic E-state index is 0.587. The minimum Gasteiger partial charge on any atom is -0.361 e. The SMILES string of the molecule is CCc1csc(NCCC(C)c2ccccc2)n1. The number of hydrogen-bond donors (Lipinski definition) is 1. The molecule has 1 heterocycles. The van der Waals surface area contributed by atoms with E-state index in [1.807, 2.05) is 0 Å². The summed E-state index contributed by atoms with van der Waals surface area (Å²) in [5, 5.41) is 6.58. The van der Waals surface area contributed by atoms with Crippen LogP contribution in [0.2, 0.25) is 0 Å². The Morgan fingerprint density at radius 2 is 2.06 bits per heavy atom. The first-order valence-corrected chi connectivity index (χ1v) is 7.40. The fourth-order valence-electron chi connectivity index (χ4n) is 1.89. The molecule has 1 atom stereocenters. The van der Waals surface area contributed by atoms with E-state index in [0.717, 1.165) is 24.5 Å². The Morgan fingerprint density at radius 3 is 2.72 bits per heavy atom. The molecule has 0 saturated carbocycles. The number of aromatic nitrogens is 1. The predicted octanol–water partition coefficient (Wildman–Crippen LogP) is 4.31. The Kier molecular flexibility index (Phi) is 4.76. The lowest BCUT2D eigenvalue weighted by Crippen LogP contribution is -2.05. The van der Waals surface area contributed by atoms with E-state index in [4.69, 9.17) is 0 Å². The molecule has 0 aliphatic rings. The highest BCUT2D eigenvalue weighted by molar-refractivity contribution is 7.13. The normalized spacial score (nSPS) is 12.3. The monoisotopic (exact) mass is 260 g/mol. The van der Waals surface area contributed by atoms with Gasteiger partial charge in [-0.1, -0.05) is 44.2 Å². The van der Waals surface area contributed by atoms with Gasteiger partial charge in [-0.05, 0) is 24.3 Å². The van der Waals surface area contributed by atoms with Crippen molar-refractivity contribution in [3.8, 4) is 0 Å². The van der Waals surface area contributed by atoms with Crippen LogP contribution in [0.3, 0.4) is 0 Å². The van der Waals surface area contributed by atoms with Crippen LogP contribution in [0.1, 0.15) is 37.4 Å². The third-order valence-electron chi connectivity index (χ3n) is 3.14. The van der Waals surface area contributed by atoms with Gasteiger partial charge in [0.05, 0.1) is 5.69 Å². The van der Waals surface area contributed by atoms with Gasteiger partial charge in [-0.3, -0.25) is 0 Å². The molecule has 1 aromatic heterocycles. The third kappa shape index (κ3) is 3.57. The van der Waals surface area contributed by atoms with Crippen molar-refractivity contribution < 1.29 is 0 Å². The van der Waals surface area contributed by atoms with Crippen LogP contribution < -0.4 is 5.32 Å². The molecule has 2 rings (SSSR count). The van der Waals surface area contributed by atoms with E-state index in [0.29, 0.717) is 5.92 Å². The molecule has 1 unspecified atom stereocenters. The van der Waals surface area contributed by atoms with Crippen molar-refractivity contribution >= 4 is 16.5 Å². The van der Waals surface area contributed by atoms with Gasteiger partial charge in [-0.2, -0.15) is 0 Å². The smallest absolute Gasteiger partial charge is 0.182 e. The van der Waals surface area contributed by atoms with E-state index in [9.17, 15) is 0 Å². The quantitative estimate of drug-likeness (QED) is 0.837. The molecule has 0 spiro atoms. The summed E-state index contributed by atoms with van der Waals surface area (Å²) >= 11 is 1.70. The highest BCUT2D eigenvalue weighted by Gasteiger charge is 2.05. The predicted molar refractivity (Wildman–Crippen MR) is 79.5 cm³/mol. The van der Waals surface area contributed by atoms with Crippen molar-refractivity contribution in [1.82, 2.24) is 4.98 Å². The molecule has 0 saturated heterocycles. The zero-order valence-electron chi connectivity index (χ0n) is 11.0. The average Bonchev–Trinajstić information content (AvgIpc) is 2.87. The van der Waals surface area contributed by atoms with Crippen molar-refractivity contribution in [2.45, 2.75) is 32.6 Å². The summed E-state index contributed by atoms with van der Waals surface area (Å²) in [6.07, 6.45) is 2.14. The lowest BCUT2D eigenvalue weighted by Gasteiger charge is -2.11. The molecule has 96 valence electrons. The summed E-state index contributed by atoms with van der Waals surface area (Å²) in [4.78, 5) is 4.51. The molecule has 0 aliphatic carbocycles. The Balaban J connectivity index is 1.78. The van der Waals surface area contributed by atoms with Gasteiger partial charge in [-0.25, -0.2) is 4.98 Å². The zero-order chi connectivity index (χ0) is 12.8. The van der Waals surface area contributed by atoms with E-state index < -0.39 is 0 Å². The summed E-state index contributed by atoms with van der Waals surface area (Å²) in [5.41, 5.74) is 2.59. The van der Waals surface area contributed by atoms with E-state index in [1.54, 1.807) is 11.3 Å². The number of anilines is 1. The maximum atomic E-state index is 4.51. The lowest BCUT2D eigenvalue weighted by atomic mass is 9.98. The first-order chi connectivity index (χ1) is 8.79. The van der Waals surface area contributed by atoms with Crippen molar-refractivity contribution in [3.63, 3.8) is 0 Å². The molecule has 0 bridgehead atoms. The number of thiazole rings is 1. The van der Waals surface area contributed by atoms with Crippen LogP contribution in [0.15, 0.2) is 35.7 Å². The van der Waals surface area contributed by atoms with Crippen LogP contribution >= 0.6 is 11.3 Å². The summed E-state index contributed by atoms with van der Waals surface area (Å²) in [6, 6.07) is 10.7. The molecular formula is C15H20N2S. The first kappa shape index (κ1) is 13.1. The second-order valence-electron chi connectivity index (χ2n) is 4.52. The van der Waals surface area contributed by atoms with Gasteiger partial charge in [0.25, 0.3) is 0 Å². The third-order valence-corrected chi connectivity index (χ3v) is 3.98.